The summed E-state index contributed by atoms with van der Waals surface area (Å²) < 4.78 is 33.7. The Morgan fingerprint density at radius 2 is 2.08 bits per heavy atom. The van der Waals surface area contributed by atoms with Crippen LogP contribution < -0.4 is 9.46 Å². The predicted molar refractivity (Wildman–Crippen MR) is 97.3 cm³/mol. The summed E-state index contributed by atoms with van der Waals surface area (Å²) >= 11 is 6.00. The van der Waals surface area contributed by atoms with E-state index in [9.17, 15) is 8.42 Å². The molecule has 1 heterocycles. The maximum atomic E-state index is 12.7. The Hall–Kier alpha value is -1.63. The van der Waals surface area contributed by atoms with Gasteiger partial charge in [0, 0.05) is 11.2 Å². The number of rotatable bonds is 8. The van der Waals surface area contributed by atoms with Crippen molar-refractivity contribution in [3.63, 3.8) is 0 Å². The molecule has 0 unspecified atom stereocenters. The van der Waals surface area contributed by atoms with Crippen molar-refractivity contribution in [1.29, 1.82) is 0 Å². The molecule has 0 atom stereocenters. The lowest BCUT2D eigenvalue weighted by Crippen LogP contribution is -2.24. The summed E-state index contributed by atoms with van der Waals surface area (Å²) in [6.07, 6.45) is 5.08. The number of aromatic nitrogens is 1. The number of ether oxygens (including phenoxy) is 1. The van der Waals surface area contributed by atoms with Gasteiger partial charge in [0.1, 0.15) is 10.6 Å². The lowest BCUT2D eigenvalue weighted by atomic mass is 10.2. The van der Waals surface area contributed by atoms with Gasteiger partial charge < -0.3 is 4.74 Å². The summed E-state index contributed by atoms with van der Waals surface area (Å²) in [7, 11) is -3.76. The molecule has 25 heavy (non-hydrogen) atoms. The van der Waals surface area contributed by atoms with Crippen LogP contribution in [0.2, 0.25) is 5.02 Å². The maximum Gasteiger partial charge on any atom is 0.244 e. The van der Waals surface area contributed by atoms with E-state index < -0.39 is 10.0 Å². The first-order valence-electron chi connectivity index (χ1n) is 8.27. The quantitative estimate of drug-likeness (QED) is 0.758. The van der Waals surface area contributed by atoms with Crippen LogP contribution in [0.4, 0.5) is 0 Å². The van der Waals surface area contributed by atoms with Gasteiger partial charge in [-0.2, -0.15) is 0 Å². The van der Waals surface area contributed by atoms with Crippen molar-refractivity contribution in [2.24, 2.45) is 5.92 Å². The highest BCUT2D eigenvalue weighted by atomic mass is 35.5. The molecular weight excluding hydrogens is 360 g/mol. The molecule has 5 nitrogen and oxygen atoms in total. The van der Waals surface area contributed by atoms with Crippen LogP contribution in [0.5, 0.6) is 5.75 Å². The number of hydrogen-bond acceptors (Lipinski definition) is 4. The van der Waals surface area contributed by atoms with Crippen molar-refractivity contribution in [3.8, 4) is 5.75 Å². The first-order chi connectivity index (χ1) is 11.9. The van der Waals surface area contributed by atoms with Gasteiger partial charge in [0.05, 0.1) is 18.8 Å². The van der Waals surface area contributed by atoms with E-state index >= 15 is 0 Å². The minimum absolute atomic E-state index is 0.0588. The normalized spacial score (nSPS) is 14.5. The highest BCUT2D eigenvalue weighted by Gasteiger charge is 2.23. The molecule has 1 saturated carbocycles. The van der Waals surface area contributed by atoms with Crippen LogP contribution in [0.1, 0.15) is 30.5 Å². The standard InChI is InChI=1S/C18H21ClN2O3S/c1-13-6-8-20-16(10-13)12-21-25(22,23)18-11-15(19)4-5-17(18)24-9-7-14-2-3-14/h4-6,8,10-11,14,21H,2-3,7,9,12H2,1H3. The molecule has 134 valence electrons. The highest BCUT2D eigenvalue weighted by molar-refractivity contribution is 7.89. The van der Waals surface area contributed by atoms with Gasteiger partial charge in [0.2, 0.25) is 10.0 Å². The summed E-state index contributed by atoms with van der Waals surface area (Å²) in [5.41, 5.74) is 1.68. The summed E-state index contributed by atoms with van der Waals surface area (Å²) in [4.78, 5) is 4.23. The van der Waals surface area contributed by atoms with Crippen molar-refractivity contribution in [1.82, 2.24) is 9.71 Å². The first-order valence-corrected chi connectivity index (χ1v) is 10.1. The zero-order valence-corrected chi connectivity index (χ0v) is 15.6. The molecule has 0 saturated heterocycles. The molecule has 0 aliphatic heterocycles. The number of nitrogens with one attached hydrogen (secondary N) is 1. The van der Waals surface area contributed by atoms with Crippen LogP contribution in [-0.4, -0.2) is 20.0 Å². The summed E-state index contributed by atoms with van der Waals surface area (Å²) in [6.45, 7) is 2.55. The fourth-order valence-corrected chi connectivity index (χ4v) is 3.90. The van der Waals surface area contributed by atoms with Crippen molar-refractivity contribution < 1.29 is 13.2 Å². The molecule has 0 amide bonds. The van der Waals surface area contributed by atoms with E-state index in [4.69, 9.17) is 16.3 Å². The molecule has 3 rings (SSSR count). The van der Waals surface area contributed by atoms with Crippen LogP contribution in [0.3, 0.4) is 0 Å². The fourth-order valence-electron chi connectivity index (χ4n) is 2.50. The molecule has 1 aromatic heterocycles. The van der Waals surface area contributed by atoms with Gasteiger partial charge in [-0.05, 0) is 55.2 Å². The molecule has 0 spiro atoms. The number of nitrogens with zero attached hydrogens (tertiary/aromatic N) is 1. The number of aryl methyl sites for hydroxylation is 1. The molecule has 7 heteroatoms. The van der Waals surface area contributed by atoms with E-state index in [1.807, 2.05) is 19.1 Å². The van der Waals surface area contributed by atoms with E-state index in [0.717, 1.165) is 17.9 Å². The van der Waals surface area contributed by atoms with E-state index in [-0.39, 0.29) is 11.4 Å². The lowest BCUT2D eigenvalue weighted by Gasteiger charge is -2.13. The third-order valence-electron chi connectivity index (χ3n) is 4.09. The third-order valence-corrected chi connectivity index (χ3v) is 5.75. The molecule has 1 aliphatic rings. The monoisotopic (exact) mass is 380 g/mol. The Balaban J connectivity index is 1.73. The fraction of sp³-hybridized carbons (Fsp3) is 0.389. The minimum Gasteiger partial charge on any atom is -0.492 e. The number of sulfonamides is 1. The number of pyridine rings is 1. The highest BCUT2D eigenvalue weighted by Crippen LogP contribution is 2.33. The average Bonchev–Trinajstić information content (AvgIpc) is 3.39. The van der Waals surface area contributed by atoms with Crippen molar-refractivity contribution in [2.75, 3.05) is 6.61 Å². The zero-order valence-electron chi connectivity index (χ0n) is 14.0. The smallest absolute Gasteiger partial charge is 0.244 e. The minimum atomic E-state index is -3.76. The summed E-state index contributed by atoms with van der Waals surface area (Å²) in [6, 6.07) is 8.36. The van der Waals surface area contributed by atoms with Gasteiger partial charge >= 0.3 is 0 Å². The number of benzene rings is 1. The Bertz CT molecular complexity index is 851. The topological polar surface area (TPSA) is 68.3 Å². The van der Waals surface area contributed by atoms with E-state index in [1.165, 1.54) is 18.9 Å². The number of hydrogen-bond donors (Lipinski definition) is 1. The second kappa shape index (κ2) is 7.72. The van der Waals surface area contributed by atoms with Crippen LogP contribution >= 0.6 is 11.6 Å². The Morgan fingerprint density at radius 3 is 2.80 bits per heavy atom. The van der Waals surface area contributed by atoms with Gasteiger partial charge in [-0.15, -0.1) is 0 Å². The molecular formula is C18H21ClN2O3S. The molecule has 1 aliphatic carbocycles. The molecule has 1 aromatic carbocycles. The molecule has 1 fully saturated rings. The van der Waals surface area contributed by atoms with Crippen LogP contribution in [0, 0.1) is 12.8 Å². The van der Waals surface area contributed by atoms with E-state index in [0.29, 0.717) is 23.1 Å². The van der Waals surface area contributed by atoms with Gasteiger partial charge in [0.25, 0.3) is 0 Å². The number of halogens is 1. The Labute approximate surface area is 153 Å². The Morgan fingerprint density at radius 1 is 1.28 bits per heavy atom. The lowest BCUT2D eigenvalue weighted by molar-refractivity contribution is 0.295. The van der Waals surface area contributed by atoms with E-state index in [1.54, 1.807) is 18.3 Å². The van der Waals surface area contributed by atoms with Crippen LogP contribution in [0.25, 0.3) is 0 Å². The Kier molecular flexibility index (Phi) is 5.61. The average molecular weight is 381 g/mol. The van der Waals surface area contributed by atoms with Crippen LogP contribution in [0.15, 0.2) is 41.4 Å². The molecule has 2 aromatic rings. The van der Waals surface area contributed by atoms with E-state index in [2.05, 4.69) is 9.71 Å². The second-order valence-corrected chi connectivity index (χ2v) is 8.49. The van der Waals surface area contributed by atoms with Gasteiger partial charge in [0.15, 0.2) is 0 Å². The molecule has 0 bridgehead atoms. The van der Waals surface area contributed by atoms with Crippen molar-refractivity contribution in [3.05, 3.63) is 52.8 Å². The van der Waals surface area contributed by atoms with Crippen LogP contribution in [-0.2, 0) is 16.6 Å². The van der Waals surface area contributed by atoms with Crippen molar-refractivity contribution >= 4 is 21.6 Å². The third kappa shape index (κ3) is 5.17. The zero-order chi connectivity index (χ0) is 17.9. The molecule has 0 radical (unpaired) electrons. The largest absolute Gasteiger partial charge is 0.492 e. The predicted octanol–water partition coefficient (Wildman–Crippen LogP) is 3.70. The maximum absolute atomic E-state index is 12.7. The van der Waals surface area contributed by atoms with Gasteiger partial charge in [-0.1, -0.05) is 24.4 Å². The van der Waals surface area contributed by atoms with Gasteiger partial charge in [-0.3, -0.25) is 4.98 Å². The summed E-state index contributed by atoms with van der Waals surface area (Å²) in [5.74, 6) is 1.05. The van der Waals surface area contributed by atoms with Gasteiger partial charge in [-0.25, -0.2) is 13.1 Å². The first kappa shape index (κ1) is 18.2. The SMILES string of the molecule is Cc1ccnc(CNS(=O)(=O)c2cc(Cl)ccc2OCCC2CC2)c1. The molecule has 1 N–H and O–H groups in total. The summed E-state index contributed by atoms with van der Waals surface area (Å²) in [5, 5.41) is 0.351. The van der Waals surface area contributed by atoms with Crippen molar-refractivity contribution in [2.45, 2.75) is 37.6 Å². The second-order valence-electron chi connectivity index (χ2n) is 6.32.